The van der Waals surface area contributed by atoms with Gasteiger partial charge in [-0.25, -0.2) is 4.79 Å². The van der Waals surface area contributed by atoms with E-state index in [0.717, 1.165) is 15.1 Å². The number of carboxylic acids is 1. The first-order chi connectivity index (χ1) is 8.58. The lowest BCUT2D eigenvalue weighted by Gasteiger charge is -2.07. The molecule has 0 fully saturated rings. The lowest BCUT2D eigenvalue weighted by Crippen LogP contribution is -2.13. The molecule has 0 radical (unpaired) electrons. The standard InChI is InChI=1S/C10H6IN3O3S/c11-5-1-2-7(6(3-5)10(16)17)13-9(15)8-4-12-14-18-8/h1-4H,(H,13,15)(H,16,17). The van der Waals surface area contributed by atoms with Crippen molar-refractivity contribution in [1.29, 1.82) is 0 Å². The maximum absolute atomic E-state index is 11.8. The molecule has 2 rings (SSSR count). The fourth-order valence-corrected chi connectivity index (χ4v) is 2.16. The van der Waals surface area contributed by atoms with Crippen LogP contribution in [0.5, 0.6) is 0 Å². The number of aromatic carboxylic acids is 1. The number of halogens is 1. The summed E-state index contributed by atoms with van der Waals surface area (Å²) in [7, 11) is 0. The Labute approximate surface area is 119 Å². The van der Waals surface area contributed by atoms with Crippen molar-refractivity contribution in [3.05, 3.63) is 38.4 Å². The van der Waals surface area contributed by atoms with Crippen LogP contribution >= 0.6 is 34.1 Å². The number of carbonyl (C=O) groups is 2. The molecule has 0 atom stereocenters. The number of hydrogen-bond donors (Lipinski definition) is 2. The number of rotatable bonds is 3. The van der Waals surface area contributed by atoms with Gasteiger partial charge in [0.2, 0.25) is 0 Å². The molecule has 6 nitrogen and oxygen atoms in total. The molecule has 1 heterocycles. The molecular weight excluding hydrogens is 369 g/mol. The van der Waals surface area contributed by atoms with Gasteiger partial charge in [-0.1, -0.05) is 4.49 Å². The minimum Gasteiger partial charge on any atom is -0.478 e. The lowest BCUT2D eigenvalue weighted by molar-refractivity contribution is 0.0698. The Morgan fingerprint density at radius 3 is 2.78 bits per heavy atom. The molecule has 0 bridgehead atoms. The van der Waals surface area contributed by atoms with Gasteiger partial charge in [0.05, 0.1) is 17.4 Å². The maximum Gasteiger partial charge on any atom is 0.337 e. The normalized spacial score (nSPS) is 10.1. The van der Waals surface area contributed by atoms with Gasteiger partial charge in [-0.05, 0) is 52.3 Å². The van der Waals surface area contributed by atoms with Crippen molar-refractivity contribution in [3.63, 3.8) is 0 Å². The highest BCUT2D eigenvalue weighted by Crippen LogP contribution is 2.20. The van der Waals surface area contributed by atoms with Crippen LogP contribution in [0.4, 0.5) is 5.69 Å². The van der Waals surface area contributed by atoms with Crippen molar-refractivity contribution in [3.8, 4) is 0 Å². The lowest BCUT2D eigenvalue weighted by atomic mass is 10.2. The quantitative estimate of drug-likeness (QED) is 0.802. The number of carbonyl (C=O) groups excluding carboxylic acids is 1. The Balaban J connectivity index is 2.29. The van der Waals surface area contributed by atoms with Crippen LogP contribution in [0.25, 0.3) is 0 Å². The van der Waals surface area contributed by atoms with E-state index in [2.05, 4.69) is 14.9 Å². The molecule has 92 valence electrons. The summed E-state index contributed by atoms with van der Waals surface area (Å²) in [6.07, 6.45) is 1.33. The first-order valence-electron chi connectivity index (χ1n) is 4.69. The van der Waals surface area contributed by atoms with Gasteiger partial charge in [-0.3, -0.25) is 4.79 Å². The molecule has 2 N–H and O–H groups in total. The van der Waals surface area contributed by atoms with E-state index in [-0.39, 0.29) is 11.3 Å². The zero-order chi connectivity index (χ0) is 13.1. The minimum absolute atomic E-state index is 0.0488. The van der Waals surface area contributed by atoms with Crippen molar-refractivity contribution < 1.29 is 14.7 Å². The molecule has 0 aliphatic carbocycles. The predicted molar refractivity (Wildman–Crippen MR) is 74.0 cm³/mol. The van der Waals surface area contributed by atoms with E-state index in [4.69, 9.17) is 5.11 Å². The van der Waals surface area contributed by atoms with Crippen molar-refractivity contribution in [2.24, 2.45) is 0 Å². The third kappa shape index (κ3) is 2.82. The van der Waals surface area contributed by atoms with Crippen molar-refractivity contribution >= 4 is 51.7 Å². The summed E-state index contributed by atoms with van der Waals surface area (Å²) in [5, 5.41) is 15.1. The second-order valence-corrected chi connectivity index (χ2v) is 5.26. The summed E-state index contributed by atoms with van der Waals surface area (Å²) in [6.45, 7) is 0. The van der Waals surface area contributed by atoms with Gasteiger partial charge < -0.3 is 10.4 Å². The Morgan fingerprint density at radius 2 is 2.17 bits per heavy atom. The topological polar surface area (TPSA) is 92.2 Å². The summed E-state index contributed by atoms with van der Waals surface area (Å²) in [6, 6.07) is 4.76. The number of nitrogens with one attached hydrogen (secondary N) is 1. The summed E-state index contributed by atoms with van der Waals surface area (Å²) >= 11 is 2.95. The molecule has 0 aliphatic rings. The number of carboxylic acid groups (broad SMARTS) is 1. The first-order valence-corrected chi connectivity index (χ1v) is 6.54. The summed E-state index contributed by atoms with van der Waals surface area (Å²) in [4.78, 5) is 23.1. The minimum atomic E-state index is -1.09. The molecule has 1 aromatic heterocycles. The predicted octanol–water partition coefficient (Wildman–Crippen LogP) is 2.09. The van der Waals surface area contributed by atoms with Gasteiger partial charge in [-0.15, -0.1) is 5.10 Å². The molecule has 2 aromatic rings. The van der Waals surface area contributed by atoms with E-state index >= 15 is 0 Å². The zero-order valence-corrected chi connectivity index (χ0v) is 11.7. The molecule has 0 saturated heterocycles. The maximum atomic E-state index is 11.8. The fraction of sp³-hybridized carbons (Fsp3) is 0. The number of nitrogens with zero attached hydrogens (tertiary/aromatic N) is 2. The third-order valence-electron chi connectivity index (χ3n) is 2.05. The average Bonchev–Trinajstić information content (AvgIpc) is 2.84. The largest absolute Gasteiger partial charge is 0.478 e. The molecule has 8 heteroatoms. The molecule has 1 aromatic carbocycles. The van der Waals surface area contributed by atoms with E-state index in [1.807, 2.05) is 22.6 Å². The Bertz CT molecular complexity index is 600. The second-order valence-electron chi connectivity index (χ2n) is 3.23. The van der Waals surface area contributed by atoms with Gasteiger partial charge in [0.15, 0.2) is 0 Å². The Kier molecular flexibility index (Phi) is 3.87. The van der Waals surface area contributed by atoms with Crippen LogP contribution in [0.1, 0.15) is 20.0 Å². The molecule has 0 unspecified atom stereocenters. The molecule has 1 amide bonds. The van der Waals surface area contributed by atoms with Crippen LogP contribution in [0.15, 0.2) is 24.4 Å². The van der Waals surface area contributed by atoms with Crippen LogP contribution < -0.4 is 5.32 Å². The second kappa shape index (κ2) is 5.40. The van der Waals surface area contributed by atoms with Gasteiger partial charge in [0, 0.05) is 3.57 Å². The molecular formula is C10H6IN3O3S. The number of anilines is 1. The van der Waals surface area contributed by atoms with Gasteiger partial charge >= 0.3 is 5.97 Å². The highest BCUT2D eigenvalue weighted by molar-refractivity contribution is 14.1. The van der Waals surface area contributed by atoms with Crippen molar-refractivity contribution in [1.82, 2.24) is 9.59 Å². The molecule has 0 spiro atoms. The molecule has 18 heavy (non-hydrogen) atoms. The van der Waals surface area contributed by atoms with E-state index in [9.17, 15) is 9.59 Å². The van der Waals surface area contributed by atoms with E-state index in [1.165, 1.54) is 12.3 Å². The Morgan fingerprint density at radius 1 is 1.39 bits per heavy atom. The number of amides is 1. The Hall–Kier alpha value is -1.55. The number of benzene rings is 1. The van der Waals surface area contributed by atoms with E-state index in [1.54, 1.807) is 12.1 Å². The van der Waals surface area contributed by atoms with E-state index in [0.29, 0.717) is 4.88 Å². The highest BCUT2D eigenvalue weighted by atomic mass is 127. The SMILES string of the molecule is O=C(Nc1ccc(I)cc1C(=O)O)c1cnns1. The van der Waals surface area contributed by atoms with Crippen LogP contribution in [0.3, 0.4) is 0 Å². The van der Waals surface area contributed by atoms with Crippen molar-refractivity contribution in [2.75, 3.05) is 5.32 Å². The highest BCUT2D eigenvalue weighted by Gasteiger charge is 2.15. The number of hydrogen-bond acceptors (Lipinski definition) is 5. The number of aromatic nitrogens is 2. The van der Waals surface area contributed by atoms with Crippen LogP contribution in [-0.4, -0.2) is 26.6 Å². The molecule has 0 saturated carbocycles. The zero-order valence-electron chi connectivity index (χ0n) is 8.75. The van der Waals surface area contributed by atoms with Crippen LogP contribution in [-0.2, 0) is 0 Å². The van der Waals surface area contributed by atoms with Gasteiger partial charge in [0.25, 0.3) is 5.91 Å². The van der Waals surface area contributed by atoms with Crippen LogP contribution in [0, 0.1) is 3.57 Å². The summed E-state index contributed by atoms with van der Waals surface area (Å²) < 4.78 is 4.35. The summed E-state index contributed by atoms with van der Waals surface area (Å²) in [5.74, 6) is -1.51. The third-order valence-corrected chi connectivity index (χ3v) is 3.38. The van der Waals surface area contributed by atoms with Gasteiger partial charge in [0.1, 0.15) is 4.88 Å². The summed E-state index contributed by atoms with van der Waals surface area (Å²) in [5.41, 5.74) is 0.300. The smallest absolute Gasteiger partial charge is 0.337 e. The fourth-order valence-electron chi connectivity index (χ4n) is 1.25. The molecule has 0 aliphatic heterocycles. The monoisotopic (exact) mass is 375 g/mol. The van der Waals surface area contributed by atoms with Crippen molar-refractivity contribution in [2.45, 2.75) is 0 Å². The average molecular weight is 375 g/mol. The van der Waals surface area contributed by atoms with Crippen LogP contribution in [0.2, 0.25) is 0 Å². The first kappa shape index (κ1) is 12.9. The van der Waals surface area contributed by atoms with E-state index < -0.39 is 11.9 Å². The van der Waals surface area contributed by atoms with Gasteiger partial charge in [-0.2, -0.15) is 0 Å².